The van der Waals surface area contributed by atoms with Gasteiger partial charge in [-0.05, 0) is 19.0 Å². The number of piperazine rings is 1. The molecule has 0 N–H and O–H groups in total. The highest BCUT2D eigenvalue weighted by atomic mass is 32.2. The monoisotopic (exact) mass is 439 g/mol. The summed E-state index contributed by atoms with van der Waals surface area (Å²) >= 11 is 0. The topological polar surface area (TPSA) is 88.6 Å². The van der Waals surface area contributed by atoms with Gasteiger partial charge in [-0.1, -0.05) is 13.8 Å². The maximum Gasteiger partial charge on any atom is 0.247 e. The van der Waals surface area contributed by atoms with E-state index < -0.39 is 10.0 Å². The van der Waals surface area contributed by atoms with Crippen LogP contribution in [-0.2, 0) is 27.8 Å². The van der Waals surface area contributed by atoms with Crippen LogP contribution in [0.15, 0.2) is 4.90 Å². The SMILES string of the molecule is COc1c2c(c(S(=O)(=O)N3CCN(C(=O)C(C)C)CC3)c3c1OCO3)CCN(C)C2. The number of fused-ring (bicyclic) bond motifs is 2. The molecule has 166 valence electrons. The van der Waals surface area contributed by atoms with Crippen molar-refractivity contribution < 1.29 is 27.4 Å². The van der Waals surface area contributed by atoms with Crippen LogP contribution in [0.25, 0.3) is 0 Å². The number of hydrogen-bond acceptors (Lipinski definition) is 7. The van der Waals surface area contributed by atoms with Gasteiger partial charge in [-0.2, -0.15) is 4.31 Å². The van der Waals surface area contributed by atoms with Gasteiger partial charge in [0.2, 0.25) is 28.5 Å². The van der Waals surface area contributed by atoms with Gasteiger partial charge < -0.3 is 24.0 Å². The lowest BCUT2D eigenvalue weighted by molar-refractivity contribution is -0.135. The zero-order valence-electron chi connectivity index (χ0n) is 17.9. The Hall–Kier alpha value is -2.04. The lowest BCUT2D eigenvalue weighted by Crippen LogP contribution is -2.51. The Labute approximate surface area is 177 Å². The summed E-state index contributed by atoms with van der Waals surface area (Å²) in [5, 5.41) is 0. The molecule has 3 aliphatic heterocycles. The predicted octanol–water partition coefficient (Wildman–Crippen LogP) is 0.901. The van der Waals surface area contributed by atoms with Crippen molar-refractivity contribution >= 4 is 15.9 Å². The van der Waals surface area contributed by atoms with E-state index in [9.17, 15) is 13.2 Å². The van der Waals surface area contributed by atoms with Gasteiger partial charge in [-0.15, -0.1) is 0 Å². The maximum absolute atomic E-state index is 13.7. The number of amides is 1. The summed E-state index contributed by atoms with van der Waals surface area (Å²) in [4.78, 5) is 16.3. The zero-order valence-corrected chi connectivity index (χ0v) is 18.8. The molecule has 0 aromatic heterocycles. The Morgan fingerprint density at radius 2 is 1.70 bits per heavy atom. The highest BCUT2D eigenvalue weighted by Gasteiger charge is 2.41. The third kappa shape index (κ3) is 3.40. The predicted molar refractivity (Wildman–Crippen MR) is 109 cm³/mol. The van der Waals surface area contributed by atoms with Gasteiger partial charge in [-0.3, -0.25) is 4.79 Å². The van der Waals surface area contributed by atoms with E-state index in [1.165, 1.54) is 4.31 Å². The van der Waals surface area contributed by atoms with Gasteiger partial charge >= 0.3 is 0 Å². The van der Waals surface area contributed by atoms with E-state index in [4.69, 9.17) is 14.2 Å². The lowest BCUT2D eigenvalue weighted by atomic mass is 9.97. The summed E-state index contributed by atoms with van der Waals surface area (Å²) in [7, 11) is -0.271. The second-order valence-electron chi connectivity index (χ2n) is 8.26. The van der Waals surface area contributed by atoms with Gasteiger partial charge in [0, 0.05) is 50.7 Å². The first-order valence-corrected chi connectivity index (χ1v) is 11.7. The number of benzene rings is 1. The molecule has 10 heteroatoms. The molecule has 1 aromatic rings. The Balaban J connectivity index is 1.73. The van der Waals surface area contributed by atoms with Crippen LogP contribution in [-0.4, -0.2) is 82.1 Å². The van der Waals surface area contributed by atoms with Gasteiger partial charge in [0.05, 0.1) is 7.11 Å². The van der Waals surface area contributed by atoms with Crippen molar-refractivity contribution in [2.45, 2.75) is 31.7 Å². The molecular weight excluding hydrogens is 410 g/mol. The fourth-order valence-electron chi connectivity index (χ4n) is 4.38. The van der Waals surface area contributed by atoms with Crippen molar-refractivity contribution in [3.63, 3.8) is 0 Å². The molecule has 9 nitrogen and oxygen atoms in total. The Morgan fingerprint density at radius 3 is 2.33 bits per heavy atom. The Bertz CT molecular complexity index is 954. The summed E-state index contributed by atoms with van der Waals surface area (Å²) < 4.78 is 45.8. The van der Waals surface area contributed by atoms with Crippen LogP contribution >= 0.6 is 0 Å². The fourth-order valence-corrected chi connectivity index (χ4v) is 6.20. The molecule has 0 radical (unpaired) electrons. The molecule has 0 spiro atoms. The third-order valence-electron chi connectivity index (χ3n) is 5.96. The smallest absolute Gasteiger partial charge is 0.247 e. The van der Waals surface area contributed by atoms with E-state index in [0.717, 1.165) is 17.7 Å². The normalized spacial score (nSPS) is 19.8. The van der Waals surface area contributed by atoms with Gasteiger partial charge in [0.1, 0.15) is 4.90 Å². The van der Waals surface area contributed by atoms with Gasteiger partial charge in [0.25, 0.3) is 0 Å². The average Bonchev–Trinajstić information content (AvgIpc) is 3.20. The van der Waals surface area contributed by atoms with Gasteiger partial charge in [-0.25, -0.2) is 8.42 Å². The quantitative estimate of drug-likeness (QED) is 0.689. The molecule has 3 heterocycles. The first kappa shape index (κ1) is 21.2. The summed E-state index contributed by atoms with van der Waals surface area (Å²) in [6.45, 7) is 6.29. The minimum absolute atomic E-state index is 0.0381. The number of methoxy groups -OCH3 is 1. The van der Waals surface area contributed by atoms with Crippen LogP contribution in [0.2, 0.25) is 0 Å². The largest absolute Gasteiger partial charge is 0.492 e. The third-order valence-corrected chi connectivity index (χ3v) is 7.95. The van der Waals surface area contributed by atoms with Crippen molar-refractivity contribution in [1.82, 2.24) is 14.1 Å². The van der Waals surface area contributed by atoms with Crippen LogP contribution in [0.1, 0.15) is 25.0 Å². The second-order valence-corrected chi connectivity index (χ2v) is 10.1. The number of hydrogen-bond donors (Lipinski definition) is 0. The molecule has 1 saturated heterocycles. The lowest BCUT2D eigenvalue weighted by Gasteiger charge is -2.36. The summed E-state index contributed by atoms with van der Waals surface area (Å²) in [5.41, 5.74) is 1.58. The van der Waals surface area contributed by atoms with Crippen molar-refractivity contribution in [2.24, 2.45) is 5.92 Å². The standard InChI is InChI=1S/C20H29N3O6S/c1-13(2)20(24)22-7-9-23(10-8-22)30(25,26)19-14-5-6-21(3)11-15(14)16(27-4)17-18(19)29-12-28-17/h13H,5-12H2,1-4H3. The number of likely N-dealkylation sites (N-methyl/N-ethyl adjacent to an activating group) is 1. The van der Waals surface area contributed by atoms with E-state index >= 15 is 0 Å². The highest BCUT2D eigenvalue weighted by molar-refractivity contribution is 7.89. The molecule has 1 aromatic carbocycles. The van der Waals surface area contributed by atoms with Crippen LogP contribution in [0.3, 0.4) is 0 Å². The summed E-state index contributed by atoms with van der Waals surface area (Å²) in [6.07, 6.45) is 0.583. The van der Waals surface area contributed by atoms with Crippen LogP contribution < -0.4 is 14.2 Å². The van der Waals surface area contributed by atoms with Crippen LogP contribution in [0.4, 0.5) is 0 Å². The number of ether oxygens (including phenoxy) is 3. The van der Waals surface area contributed by atoms with Gasteiger partial charge in [0.15, 0.2) is 11.5 Å². The van der Waals surface area contributed by atoms with Crippen molar-refractivity contribution in [3.05, 3.63) is 11.1 Å². The molecule has 0 atom stereocenters. The maximum atomic E-state index is 13.7. The van der Waals surface area contributed by atoms with E-state index in [1.807, 2.05) is 20.9 Å². The molecule has 0 saturated carbocycles. The highest BCUT2D eigenvalue weighted by Crippen LogP contribution is 2.51. The van der Waals surface area contributed by atoms with E-state index in [0.29, 0.717) is 37.6 Å². The number of sulfonamides is 1. The molecular formula is C20H29N3O6S. The first-order chi connectivity index (χ1) is 14.3. The van der Waals surface area contributed by atoms with Crippen molar-refractivity contribution in [3.8, 4) is 17.2 Å². The van der Waals surface area contributed by atoms with Crippen LogP contribution in [0, 0.1) is 5.92 Å². The van der Waals surface area contributed by atoms with Crippen molar-refractivity contribution in [1.29, 1.82) is 0 Å². The molecule has 4 rings (SSSR count). The Morgan fingerprint density at radius 1 is 1.03 bits per heavy atom. The number of carbonyl (C=O) groups excluding carboxylic acids is 1. The minimum Gasteiger partial charge on any atom is -0.492 e. The molecule has 0 aliphatic carbocycles. The number of nitrogens with zero attached hydrogens (tertiary/aromatic N) is 3. The molecule has 30 heavy (non-hydrogen) atoms. The molecule has 3 aliphatic rings. The second kappa shape index (κ2) is 7.90. The fraction of sp³-hybridized carbons (Fsp3) is 0.650. The zero-order chi connectivity index (χ0) is 21.6. The van der Waals surface area contributed by atoms with Crippen molar-refractivity contribution in [2.75, 3.05) is 53.7 Å². The minimum atomic E-state index is -3.82. The van der Waals surface area contributed by atoms with E-state index in [2.05, 4.69) is 4.90 Å². The Kier molecular flexibility index (Phi) is 5.58. The summed E-state index contributed by atoms with van der Waals surface area (Å²) in [5.74, 6) is 1.10. The summed E-state index contributed by atoms with van der Waals surface area (Å²) in [6, 6.07) is 0. The van der Waals surface area contributed by atoms with E-state index in [-0.39, 0.29) is 42.4 Å². The molecule has 1 amide bonds. The molecule has 0 unspecified atom stereocenters. The number of rotatable bonds is 4. The van der Waals surface area contributed by atoms with Crippen LogP contribution in [0.5, 0.6) is 17.2 Å². The molecule has 0 bridgehead atoms. The number of carbonyl (C=O) groups is 1. The first-order valence-electron chi connectivity index (χ1n) is 10.2. The average molecular weight is 440 g/mol. The molecule has 1 fully saturated rings. The van der Waals surface area contributed by atoms with E-state index in [1.54, 1.807) is 12.0 Å².